The third kappa shape index (κ3) is 3.29. The minimum absolute atomic E-state index is 0.109. The monoisotopic (exact) mass is 265 g/mol. The highest BCUT2D eigenvalue weighted by Crippen LogP contribution is 2.26. The Morgan fingerprint density at radius 1 is 1.58 bits per heavy atom. The highest BCUT2D eigenvalue weighted by atomic mass is 16.6. The molecule has 19 heavy (non-hydrogen) atoms. The maximum atomic E-state index is 11.5. The van der Waals surface area contributed by atoms with Crippen LogP contribution in [0.1, 0.15) is 23.7 Å². The molecule has 6 nitrogen and oxygen atoms in total. The molecule has 1 aliphatic rings. The van der Waals surface area contributed by atoms with E-state index >= 15 is 0 Å². The van der Waals surface area contributed by atoms with Crippen molar-refractivity contribution in [2.24, 2.45) is 5.92 Å². The zero-order chi connectivity index (χ0) is 13.8. The summed E-state index contributed by atoms with van der Waals surface area (Å²) in [5.74, 6) is 0.460. The van der Waals surface area contributed by atoms with Crippen LogP contribution in [0.4, 0.5) is 5.69 Å². The molecule has 0 saturated carbocycles. The fourth-order valence-corrected chi connectivity index (χ4v) is 1.95. The van der Waals surface area contributed by atoms with Crippen molar-refractivity contribution in [2.45, 2.75) is 13.3 Å². The van der Waals surface area contributed by atoms with Crippen molar-refractivity contribution < 1.29 is 19.2 Å². The van der Waals surface area contributed by atoms with E-state index in [1.54, 1.807) is 0 Å². The first kappa shape index (κ1) is 13.5. The van der Waals surface area contributed by atoms with Crippen LogP contribution in [0.3, 0.4) is 0 Å². The number of Topliss-reactive ketones (excluding diaryl/α,β-unsaturated/α-hetero) is 1. The van der Waals surface area contributed by atoms with Crippen LogP contribution in [0.15, 0.2) is 18.2 Å². The van der Waals surface area contributed by atoms with Crippen molar-refractivity contribution in [1.82, 2.24) is 0 Å². The van der Waals surface area contributed by atoms with E-state index in [0.29, 0.717) is 24.9 Å². The van der Waals surface area contributed by atoms with Crippen molar-refractivity contribution in [3.63, 3.8) is 0 Å². The van der Waals surface area contributed by atoms with Crippen molar-refractivity contribution >= 4 is 11.5 Å². The molecule has 6 heteroatoms. The van der Waals surface area contributed by atoms with Crippen LogP contribution in [-0.2, 0) is 4.74 Å². The van der Waals surface area contributed by atoms with E-state index in [0.717, 1.165) is 13.0 Å². The number of nitro groups is 1. The second-order valence-corrected chi connectivity index (χ2v) is 4.53. The van der Waals surface area contributed by atoms with E-state index < -0.39 is 4.92 Å². The van der Waals surface area contributed by atoms with Gasteiger partial charge in [-0.25, -0.2) is 0 Å². The number of nitro benzene ring substituents is 1. The number of nitrogens with zero attached hydrogens (tertiary/aromatic N) is 1. The predicted octanol–water partition coefficient (Wildman–Crippen LogP) is 2.21. The molecule has 1 aromatic rings. The van der Waals surface area contributed by atoms with Crippen LogP contribution < -0.4 is 4.74 Å². The van der Waals surface area contributed by atoms with E-state index in [-0.39, 0.29) is 17.0 Å². The van der Waals surface area contributed by atoms with Crippen molar-refractivity contribution in [2.75, 3.05) is 19.8 Å². The zero-order valence-corrected chi connectivity index (χ0v) is 10.6. The quantitative estimate of drug-likeness (QED) is 0.463. The molecular formula is C13H15NO5. The van der Waals surface area contributed by atoms with Crippen molar-refractivity contribution in [3.8, 4) is 5.75 Å². The van der Waals surface area contributed by atoms with Crippen LogP contribution >= 0.6 is 0 Å². The van der Waals surface area contributed by atoms with Gasteiger partial charge in [0.2, 0.25) is 0 Å². The van der Waals surface area contributed by atoms with Gasteiger partial charge >= 0.3 is 0 Å². The molecule has 0 aromatic heterocycles. The van der Waals surface area contributed by atoms with Gasteiger partial charge in [0.25, 0.3) is 5.69 Å². The van der Waals surface area contributed by atoms with Gasteiger partial charge in [-0.05, 0) is 19.4 Å². The Morgan fingerprint density at radius 3 is 2.95 bits per heavy atom. The third-order valence-electron chi connectivity index (χ3n) is 3.05. The average molecular weight is 265 g/mol. The summed E-state index contributed by atoms with van der Waals surface area (Å²) in [5.41, 5.74) is 0.134. The summed E-state index contributed by atoms with van der Waals surface area (Å²) in [6.07, 6.45) is 0.933. The lowest BCUT2D eigenvalue weighted by molar-refractivity contribution is -0.384. The molecule has 1 saturated heterocycles. The molecule has 1 aliphatic heterocycles. The van der Waals surface area contributed by atoms with Gasteiger partial charge in [-0.15, -0.1) is 0 Å². The SMILES string of the molecule is CC(=O)c1cc([N+](=O)[O-])ccc1OCC1CCOC1. The number of hydrogen-bond acceptors (Lipinski definition) is 5. The van der Waals surface area contributed by atoms with E-state index in [4.69, 9.17) is 9.47 Å². The summed E-state index contributed by atoms with van der Waals surface area (Å²) in [4.78, 5) is 21.7. The minimum Gasteiger partial charge on any atom is -0.492 e. The van der Waals surface area contributed by atoms with Crippen molar-refractivity contribution in [3.05, 3.63) is 33.9 Å². The van der Waals surface area contributed by atoms with Crippen molar-refractivity contribution in [1.29, 1.82) is 0 Å². The summed E-state index contributed by atoms with van der Waals surface area (Å²) in [6.45, 7) is 3.21. The first-order valence-corrected chi connectivity index (χ1v) is 6.08. The highest BCUT2D eigenvalue weighted by Gasteiger charge is 2.19. The lowest BCUT2D eigenvalue weighted by Gasteiger charge is -2.12. The Kier molecular flexibility index (Phi) is 4.11. The van der Waals surface area contributed by atoms with Gasteiger partial charge in [0, 0.05) is 24.7 Å². The molecule has 0 bridgehead atoms. The number of non-ortho nitro benzene ring substituents is 1. The summed E-state index contributed by atoms with van der Waals surface area (Å²) in [6, 6.07) is 4.07. The van der Waals surface area contributed by atoms with Gasteiger partial charge in [0.05, 0.1) is 23.7 Å². The van der Waals surface area contributed by atoms with Gasteiger partial charge in [0.1, 0.15) is 5.75 Å². The average Bonchev–Trinajstić information content (AvgIpc) is 2.89. The van der Waals surface area contributed by atoms with Gasteiger partial charge in [-0.1, -0.05) is 0 Å². The Hall–Kier alpha value is -1.95. The highest BCUT2D eigenvalue weighted by molar-refractivity contribution is 5.97. The van der Waals surface area contributed by atoms with Crippen LogP contribution in [0, 0.1) is 16.0 Å². The smallest absolute Gasteiger partial charge is 0.270 e. The Morgan fingerprint density at radius 2 is 2.37 bits per heavy atom. The molecule has 0 aliphatic carbocycles. The van der Waals surface area contributed by atoms with Crippen LogP contribution in [-0.4, -0.2) is 30.5 Å². The van der Waals surface area contributed by atoms with Gasteiger partial charge in [-0.2, -0.15) is 0 Å². The molecule has 1 unspecified atom stereocenters. The second kappa shape index (κ2) is 5.79. The number of rotatable bonds is 5. The molecule has 1 aromatic carbocycles. The Labute approximate surface area is 110 Å². The molecule has 0 spiro atoms. The molecule has 102 valence electrons. The maximum absolute atomic E-state index is 11.5. The fourth-order valence-electron chi connectivity index (χ4n) is 1.95. The molecule has 1 fully saturated rings. The summed E-state index contributed by atoms with van der Waals surface area (Å²) >= 11 is 0. The number of ether oxygens (including phenoxy) is 2. The first-order chi connectivity index (χ1) is 9.08. The molecule has 0 amide bonds. The normalized spacial score (nSPS) is 18.3. The Balaban J connectivity index is 2.14. The third-order valence-corrected chi connectivity index (χ3v) is 3.05. The topological polar surface area (TPSA) is 78.7 Å². The van der Waals surface area contributed by atoms with E-state index in [1.807, 2.05) is 0 Å². The van der Waals surface area contributed by atoms with E-state index in [1.165, 1.54) is 25.1 Å². The van der Waals surface area contributed by atoms with Crippen LogP contribution in [0.5, 0.6) is 5.75 Å². The molecular weight excluding hydrogens is 250 g/mol. The van der Waals surface area contributed by atoms with Crippen LogP contribution in [0.2, 0.25) is 0 Å². The molecule has 1 heterocycles. The number of carbonyl (C=O) groups excluding carboxylic acids is 1. The number of carbonyl (C=O) groups is 1. The predicted molar refractivity (Wildman–Crippen MR) is 67.5 cm³/mol. The molecule has 0 radical (unpaired) electrons. The number of benzene rings is 1. The molecule has 1 atom stereocenters. The summed E-state index contributed by atoms with van der Waals surface area (Å²) < 4.78 is 10.8. The zero-order valence-electron chi connectivity index (χ0n) is 10.6. The standard InChI is InChI=1S/C13H15NO5/c1-9(15)12-6-11(14(16)17)2-3-13(12)19-8-10-4-5-18-7-10/h2-3,6,10H,4-5,7-8H2,1H3. The van der Waals surface area contributed by atoms with Gasteiger partial charge in [0.15, 0.2) is 5.78 Å². The number of ketones is 1. The second-order valence-electron chi connectivity index (χ2n) is 4.53. The fraction of sp³-hybridized carbons (Fsp3) is 0.462. The lowest BCUT2D eigenvalue weighted by atomic mass is 10.1. The summed E-state index contributed by atoms with van der Waals surface area (Å²) in [5, 5.41) is 10.7. The van der Waals surface area contributed by atoms with Gasteiger partial charge < -0.3 is 9.47 Å². The maximum Gasteiger partial charge on any atom is 0.270 e. The minimum atomic E-state index is -0.527. The first-order valence-electron chi connectivity index (χ1n) is 6.08. The lowest BCUT2D eigenvalue weighted by Crippen LogP contribution is -2.13. The largest absolute Gasteiger partial charge is 0.492 e. The van der Waals surface area contributed by atoms with E-state index in [2.05, 4.69) is 0 Å². The Bertz CT molecular complexity index is 494. The number of hydrogen-bond donors (Lipinski definition) is 0. The van der Waals surface area contributed by atoms with Crippen LogP contribution in [0.25, 0.3) is 0 Å². The molecule has 0 N–H and O–H groups in total. The summed E-state index contributed by atoms with van der Waals surface area (Å²) in [7, 11) is 0. The van der Waals surface area contributed by atoms with Gasteiger partial charge in [-0.3, -0.25) is 14.9 Å². The van der Waals surface area contributed by atoms with E-state index in [9.17, 15) is 14.9 Å². The molecule has 2 rings (SSSR count).